The Bertz CT molecular complexity index is 845. The number of urea groups is 1. The highest BCUT2D eigenvalue weighted by molar-refractivity contribution is 5.90. The van der Waals surface area contributed by atoms with Crippen molar-refractivity contribution >= 4 is 11.9 Å². The minimum absolute atomic E-state index is 0.0473. The van der Waals surface area contributed by atoms with Crippen molar-refractivity contribution in [2.45, 2.75) is 19.0 Å². The summed E-state index contributed by atoms with van der Waals surface area (Å²) in [5.41, 5.74) is 2.92. The Labute approximate surface area is 151 Å². The molecule has 4 rings (SSSR count). The lowest BCUT2D eigenvalue weighted by Gasteiger charge is -2.28. The van der Waals surface area contributed by atoms with Crippen molar-refractivity contribution < 1.29 is 14.3 Å². The van der Waals surface area contributed by atoms with Gasteiger partial charge < -0.3 is 24.8 Å². The number of carbonyl (C=O) groups excluding carboxylic acids is 2. The normalized spacial score (nSPS) is 19.3. The molecule has 0 bridgehead atoms. The first-order valence-corrected chi connectivity index (χ1v) is 8.58. The van der Waals surface area contributed by atoms with E-state index in [1.54, 1.807) is 19.1 Å². The molecule has 1 fully saturated rings. The van der Waals surface area contributed by atoms with Crippen LogP contribution in [0.25, 0.3) is 11.4 Å². The van der Waals surface area contributed by atoms with Gasteiger partial charge in [0.15, 0.2) is 0 Å². The molecular formula is C18H21N5O3. The van der Waals surface area contributed by atoms with E-state index in [2.05, 4.69) is 15.3 Å². The third-order valence-electron chi connectivity index (χ3n) is 4.91. The number of aromatic nitrogens is 2. The van der Waals surface area contributed by atoms with Gasteiger partial charge in [0, 0.05) is 25.6 Å². The number of nitrogens with zero attached hydrogens (tertiary/aromatic N) is 3. The second-order valence-electron chi connectivity index (χ2n) is 6.63. The molecule has 0 aliphatic carbocycles. The lowest BCUT2D eigenvalue weighted by atomic mass is 10.1. The Morgan fingerprint density at radius 1 is 1.31 bits per heavy atom. The Balaban J connectivity index is 1.49. The summed E-state index contributed by atoms with van der Waals surface area (Å²) in [6, 6.07) is 7.02. The summed E-state index contributed by atoms with van der Waals surface area (Å²) in [7, 11) is 3.32. The molecule has 1 aromatic heterocycles. The van der Waals surface area contributed by atoms with Crippen LogP contribution in [0.5, 0.6) is 5.75 Å². The molecule has 26 heavy (non-hydrogen) atoms. The number of nitrogens with one attached hydrogen (secondary N) is 2. The SMILES string of the molecule is COc1ccc(-c2nc3c([nH]2)CN(C(=O)[C@H]2CN(C)C(=O)N2)CC3)cc1. The topological polar surface area (TPSA) is 90.6 Å². The molecule has 2 aromatic rings. The van der Waals surface area contributed by atoms with Crippen LogP contribution in [0.15, 0.2) is 24.3 Å². The summed E-state index contributed by atoms with van der Waals surface area (Å²) >= 11 is 0. The number of ether oxygens (including phenoxy) is 1. The number of aromatic amines is 1. The molecule has 1 aromatic carbocycles. The van der Waals surface area contributed by atoms with Gasteiger partial charge >= 0.3 is 6.03 Å². The number of imidazole rings is 1. The van der Waals surface area contributed by atoms with E-state index in [4.69, 9.17) is 4.74 Å². The summed E-state index contributed by atoms with van der Waals surface area (Å²) in [5, 5.41) is 2.72. The Kier molecular flexibility index (Phi) is 4.02. The number of H-pyrrole nitrogens is 1. The molecule has 0 spiro atoms. The van der Waals surface area contributed by atoms with Gasteiger partial charge in [-0.3, -0.25) is 4.79 Å². The zero-order valence-corrected chi connectivity index (χ0v) is 14.8. The maximum absolute atomic E-state index is 12.7. The van der Waals surface area contributed by atoms with Crippen LogP contribution in [0.4, 0.5) is 4.79 Å². The predicted molar refractivity (Wildman–Crippen MR) is 94.6 cm³/mol. The van der Waals surface area contributed by atoms with Crippen molar-refractivity contribution in [2.75, 3.05) is 27.2 Å². The van der Waals surface area contributed by atoms with Gasteiger partial charge in [-0.25, -0.2) is 9.78 Å². The predicted octanol–water partition coefficient (Wildman–Crippen LogP) is 0.994. The number of rotatable bonds is 3. The largest absolute Gasteiger partial charge is 0.497 e. The van der Waals surface area contributed by atoms with E-state index in [1.807, 2.05) is 24.3 Å². The van der Waals surface area contributed by atoms with Gasteiger partial charge in [-0.1, -0.05) is 0 Å². The van der Waals surface area contributed by atoms with Gasteiger partial charge in [0.1, 0.15) is 17.6 Å². The van der Waals surface area contributed by atoms with Crippen molar-refractivity contribution in [3.8, 4) is 17.1 Å². The van der Waals surface area contributed by atoms with Crippen molar-refractivity contribution in [1.29, 1.82) is 0 Å². The van der Waals surface area contributed by atoms with Crippen LogP contribution in [-0.4, -0.2) is 65.0 Å². The Morgan fingerprint density at radius 2 is 2.08 bits per heavy atom. The lowest BCUT2D eigenvalue weighted by Crippen LogP contribution is -2.47. The van der Waals surface area contributed by atoms with Crippen LogP contribution in [0, 0.1) is 0 Å². The second kappa shape index (κ2) is 6.36. The third-order valence-corrected chi connectivity index (χ3v) is 4.91. The van der Waals surface area contributed by atoms with Crippen molar-refractivity contribution in [3.05, 3.63) is 35.7 Å². The van der Waals surface area contributed by atoms with Gasteiger partial charge in [0.25, 0.3) is 0 Å². The average Bonchev–Trinajstić information content (AvgIpc) is 3.24. The van der Waals surface area contributed by atoms with Crippen LogP contribution in [0.2, 0.25) is 0 Å². The van der Waals surface area contributed by atoms with Crippen LogP contribution < -0.4 is 10.1 Å². The molecule has 8 heteroatoms. The number of hydrogen-bond acceptors (Lipinski definition) is 4. The molecule has 2 N–H and O–H groups in total. The number of amides is 3. The smallest absolute Gasteiger partial charge is 0.317 e. The molecule has 0 radical (unpaired) electrons. The third kappa shape index (κ3) is 2.87. The van der Waals surface area contributed by atoms with E-state index in [0.29, 0.717) is 26.1 Å². The molecule has 1 atom stereocenters. The minimum atomic E-state index is -0.474. The highest BCUT2D eigenvalue weighted by atomic mass is 16.5. The zero-order chi connectivity index (χ0) is 18.3. The van der Waals surface area contributed by atoms with E-state index in [0.717, 1.165) is 28.5 Å². The monoisotopic (exact) mass is 355 g/mol. The van der Waals surface area contributed by atoms with Crippen molar-refractivity contribution in [2.24, 2.45) is 0 Å². The van der Waals surface area contributed by atoms with E-state index in [-0.39, 0.29) is 11.9 Å². The lowest BCUT2D eigenvalue weighted by molar-refractivity contribution is -0.133. The summed E-state index contributed by atoms with van der Waals surface area (Å²) in [5.74, 6) is 1.54. The molecule has 0 saturated carbocycles. The number of likely N-dealkylation sites (N-methyl/N-ethyl adjacent to an activating group) is 1. The number of methoxy groups -OCH3 is 1. The van der Waals surface area contributed by atoms with Gasteiger partial charge in [-0.05, 0) is 24.3 Å². The average molecular weight is 355 g/mol. The number of fused-ring (bicyclic) bond motifs is 1. The molecule has 3 amide bonds. The number of carbonyl (C=O) groups is 2. The zero-order valence-electron chi connectivity index (χ0n) is 14.8. The Hall–Kier alpha value is -3.03. The van der Waals surface area contributed by atoms with E-state index in [1.165, 1.54) is 4.90 Å². The van der Waals surface area contributed by atoms with E-state index in [9.17, 15) is 9.59 Å². The second-order valence-corrected chi connectivity index (χ2v) is 6.63. The first-order valence-electron chi connectivity index (χ1n) is 8.58. The first-order chi connectivity index (χ1) is 12.5. The van der Waals surface area contributed by atoms with Crippen molar-refractivity contribution in [1.82, 2.24) is 25.1 Å². The molecule has 2 aliphatic heterocycles. The maximum Gasteiger partial charge on any atom is 0.317 e. The fourth-order valence-corrected chi connectivity index (χ4v) is 3.39. The van der Waals surface area contributed by atoms with Crippen LogP contribution in [0.3, 0.4) is 0 Å². The van der Waals surface area contributed by atoms with E-state index >= 15 is 0 Å². The van der Waals surface area contributed by atoms with Crippen molar-refractivity contribution in [3.63, 3.8) is 0 Å². The highest BCUT2D eigenvalue weighted by Crippen LogP contribution is 2.25. The van der Waals surface area contributed by atoms with Gasteiger partial charge in [-0.2, -0.15) is 0 Å². The molecular weight excluding hydrogens is 334 g/mol. The van der Waals surface area contributed by atoms with Gasteiger partial charge in [0.2, 0.25) is 5.91 Å². The molecule has 2 aliphatic rings. The molecule has 3 heterocycles. The van der Waals surface area contributed by atoms with Crippen LogP contribution in [-0.2, 0) is 17.8 Å². The summed E-state index contributed by atoms with van der Waals surface area (Å²) in [6.07, 6.45) is 0.699. The molecule has 8 nitrogen and oxygen atoms in total. The molecule has 0 unspecified atom stereocenters. The van der Waals surface area contributed by atoms with Gasteiger partial charge in [0.05, 0.1) is 31.6 Å². The highest BCUT2D eigenvalue weighted by Gasteiger charge is 2.35. The fourth-order valence-electron chi connectivity index (χ4n) is 3.39. The standard InChI is InChI=1S/C18H21N5O3/c1-22-9-15(21-18(22)25)17(24)23-8-7-13-14(10-23)20-16(19-13)11-3-5-12(26-2)6-4-11/h3-6,15H,7-10H2,1-2H3,(H,19,20)(H,21,25)/t15-/m1/s1. The molecule has 1 saturated heterocycles. The van der Waals surface area contributed by atoms with Crippen LogP contribution >= 0.6 is 0 Å². The summed E-state index contributed by atoms with van der Waals surface area (Å²) in [4.78, 5) is 35.6. The van der Waals surface area contributed by atoms with Gasteiger partial charge in [-0.15, -0.1) is 0 Å². The minimum Gasteiger partial charge on any atom is -0.497 e. The number of hydrogen-bond donors (Lipinski definition) is 2. The van der Waals surface area contributed by atoms with E-state index < -0.39 is 6.04 Å². The Morgan fingerprint density at radius 3 is 2.73 bits per heavy atom. The summed E-state index contributed by atoms with van der Waals surface area (Å²) < 4.78 is 5.18. The quantitative estimate of drug-likeness (QED) is 0.859. The maximum atomic E-state index is 12.7. The summed E-state index contributed by atoms with van der Waals surface area (Å²) in [6.45, 7) is 1.49. The first kappa shape index (κ1) is 16.4. The number of benzene rings is 1. The molecule has 136 valence electrons. The van der Waals surface area contributed by atoms with Crippen LogP contribution in [0.1, 0.15) is 11.4 Å². The fraction of sp³-hybridized carbons (Fsp3) is 0.389.